The highest BCUT2D eigenvalue weighted by Crippen LogP contribution is 2.64. The standard InChI is InChI=1S/C12H13ClO2/c1-11(7-12(11,2)10(14)15)8-4-3-5-9(13)6-8/h3-6H,7H2,1-2H3,(H,14,15). The molecule has 0 amide bonds. The molecule has 1 aliphatic carbocycles. The third-order valence-electron chi connectivity index (χ3n) is 3.73. The molecule has 1 aromatic rings. The summed E-state index contributed by atoms with van der Waals surface area (Å²) in [6.45, 7) is 3.77. The lowest BCUT2D eigenvalue weighted by Crippen LogP contribution is -2.21. The Labute approximate surface area is 93.9 Å². The molecule has 0 bridgehead atoms. The molecule has 2 atom stereocenters. The molecular weight excluding hydrogens is 212 g/mol. The second-order valence-corrected chi connectivity index (χ2v) is 5.09. The Hall–Kier alpha value is -1.02. The van der Waals surface area contributed by atoms with E-state index in [-0.39, 0.29) is 5.41 Å². The van der Waals surface area contributed by atoms with E-state index in [9.17, 15) is 4.79 Å². The summed E-state index contributed by atoms with van der Waals surface area (Å²) in [7, 11) is 0. The van der Waals surface area contributed by atoms with Crippen molar-refractivity contribution < 1.29 is 9.90 Å². The Morgan fingerprint density at radius 3 is 2.60 bits per heavy atom. The number of carboxylic acids is 1. The van der Waals surface area contributed by atoms with E-state index in [1.54, 1.807) is 13.0 Å². The van der Waals surface area contributed by atoms with Gasteiger partial charge >= 0.3 is 5.97 Å². The van der Waals surface area contributed by atoms with Gasteiger partial charge in [0, 0.05) is 10.4 Å². The predicted molar refractivity (Wildman–Crippen MR) is 59.2 cm³/mol. The monoisotopic (exact) mass is 224 g/mol. The first-order valence-corrected chi connectivity index (χ1v) is 5.27. The Bertz CT molecular complexity index is 429. The van der Waals surface area contributed by atoms with Crippen LogP contribution in [0.4, 0.5) is 0 Å². The van der Waals surface area contributed by atoms with Crippen molar-refractivity contribution in [1.82, 2.24) is 0 Å². The van der Waals surface area contributed by atoms with Gasteiger partial charge < -0.3 is 5.11 Å². The molecule has 0 heterocycles. The quantitative estimate of drug-likeness (QED) is 0.838. The van der Waals surface area contributed by atoms with E-state index in [1.807, 2.05) is 25.1 Å². The third kappa shape index (κ3) is 1.36. The fraction of sp³-hybridized carbons (Fsp3) is 0.417. The average Bonchev–Trinajstić information content (AvgIpc) is 2.73. The maximum absolute atomic E-state index is 11.1. The minimum absolute atomic E-state index is 0.274. The van der Waals surface area contributed by atoms with Crippen LogP contribution < -0.4 is 0 Å². The van der Waals surface area contributed by atoms with Gasteiger partial charge in [0.1, 0.15) is 0 Å². The van der Waals surface area contributed by atoms with Crippen LogP contribution in [0.15, 0.2) is 24.3 Å². The lowest BCUT2D eigenvalue weighted by atomic mass is 9.89. The van der Waals surface area contributed by atoms with Gasteiger partial charge in [0.05, 0.1) is 5.41 Å². The normalized spacial score (nSPS) is 33.8. The average molecular weight is 225 g/mol. The summed E-state index contributed by atoms with van der Waals surface area (Å²) in [5.41, 5.74) is 0.0985. The summed E-state index contributed by atoms with van der Waals surface area (Å²) >= 11 is 5.90. The van der Waals surface area contributed by atoms with E-state index in [2.05, 4.69) is 0 Å². The molecule has 15 heavy (non-hydrogen) atoms. The smallest absolute Gasteiger partial charge is 0.310 e. The summed E-state index contributed by atoms with van der Waals surface area (Å²) in [5.74, 6) is -0.732. The van der Waals surface area contributed by atoms with Crippen LogP contribution in [0.3, 0.4) is 0 Å². The van der Waals surface area contributed by atoms with Crippen LogP contribution in [-0.4, -0.2) is 11.1 Å². The van der Waals surface area contributed by atoms with E-state index >= 15 is 0 Å². The van der Waals surface area contributed by atoms with Gasteiger partial charge in [0.25, 0.3) is 0 Å². The van der Waals surface area contributed by atoms with Gasteiger partial charge in [0.15, 0.2) is 0 Å². The molecule has 0 aliphatic heterocycles. The van der Waals surface area contributed by atoms with E-state index in [0.717, 1.165) is 5.56 Å². The number of carbonyl (C=O) groups is 1. The van der Waals surface area contributed by atoms with Crippen molar-refractivity contribution in [1.29, 1.82) is 0 Å². The van der Waals surface area contributed by atoms with E-state index < -0.39 is 11.4 Å². The zero-order valence-electron chi connectivity index (χ0n) is 8.75. The molecule has 1 aliphatic rings. The van der Waals surface area contributed by atoms with Crippen LogP contribution >= 0.6 is 11.6 Å². The van der Waals surface area contributed by atoms with Crippen LogP contribution in [0, 0.1) is 5.41 Å². The van der Waals surface area contributed by atoms with Gasteiger partial charge in [-0.3, -0.25) is 4.79 Å². The molecule has 1 saturated carbocycles. The fourth-order valence-corrected chi connectivity index (χ4v) is 2.42. The zero-order valence-corrected chi connectivity index (χ0v) is 9.51. The van der Waals surface area contributed by atoms with Crippen molar-refractivity contribution in [3.05, 3.63) is 34.9 Å². The van der Waals surface area contributed by atoms with E-state index in [4.69, 9.17) is 16.7 Å². The summed E-state index contributed by atoms with van der Waals surface area (Å²) in [4.78, 5) is 11.1. The molecule has 0 saturated heterocycles. The fourth-order valence-electron chi connectivity index (χ4n) is 2.23. The SMILES string of the molecule is CC1(C(=O)O)CC1(C)c1cccc(Cl)c1. The highest BCUT2D eigenvalue weighted by molar-refractivity contribution is 6.30. The molecule has 3 heteroatoms. The molecule has 1 N–H and O–H groups in total. The van der Waals surface area contributed by atoms with Crippen molar-refractivity contribution in [2.45, 2.75) is 25.7 Å². The highest BCUT2D eigenvalue weighted by Gasteiger charge is 2.66. The first-order chi connectivity index (χ1) is 6.90. The predicted octanol–water partition coefficient (Wildman–Crippen LogP) is 3.09. The number of hydrogen-bond acceptors (Lipinski definition) is 1. The van der Waals surface area contributed by atoms with Gasteiger partial charge in [-0.25, -0.2) is 0 Å². The summed E-state index contributed by atoms with van der Waals surface area (Å²) in [6, 6.07) is 7.47. The first kappa shape index (κ1) is 10.5. The summed E-state index contributed by atoms with van der Waals surface area (Å²) in [6.07, 6.45) is 0.676. The Kier molecular flexibility index (Phi) is 2.09. The molecule has 0 aromatic heterocycles. The lowest BCUT2D eigenvalue weighted by molar-refractivity contribution is -0.143. The minimum atomic E-state index is -0.732. The second kappa shape index (κ2) is 2.99. The Morgan fingerprint density at radius 1 is 1.47 bits per heavy atom. The first-order valence-electron chi connectivity index (χ1n) is 4.90. The van der Waals surface area contributed by atoms with Gasteiger partial charge in [-0.1, -0.05) is 30.7 Å². The van der Waals surface area contributed by atoms with Crippen LogP contribution in [0.2, 0.25) is 5.02 Å². The summed E-state index contributed by atoms with van der Waals surface area (Å²) < 4.78 is 0. The molecule has 2 nitrogen and oxygen atoms in total. The van der Waals surface area contributed by atoms with Gasteiger partial charge in [0.2, 0.25) is 0 Å². The van der Waals surface area contributed by atoms with E-state index in [0.29, 0.717) is 11.4 Å². The number of aliphatic carboxylic acids is 1. The number of hydrogen-bond donors (Lipinski definition) is 1. The maximum Gasteiger partial charge on any atom is 0.310 e. The van der Waals surface area contributed by atoms with Crippen LogP contribution in [0.5, 0.6) is 0 Å². The molecular formula is C12H13ClO2. The van der Waals surface area contributed by atoms with Crippen molar-refractivity contribution >= 4 is 17.6 Å². The largest absolute Gasteiger partial charge is 0.481 e. The molecule has 1 aromatic carbocycles. The van der Waals surface area contributed by atoms with Crippen molar-refractivity contribution in [2.24, 2.45) is 5.41 Å². The van der Waals surface area contributed by atoms with Crippen LogP contribution in [0.25, 0.3) is 0 Å². The van der Waals surface area contributed by atoms with Crippen molar-refractivity contribution in [2.75, 3.05) is 0 Å². The maximum atomic E-state index is 11.1. The lowest BCUT2D eigenvalue weighted by Gasteiger charge is -2.15. The topological polar surface area (TPSA) is 37.3 Å². The van der Waals surface area contributed by atoms with Gasteiger partial charge in [-0.15, -0.1) is 0 Å². The number of benzene rings is 1. The Balaban J connectivity index is 2.39. The van der Waals surface area contributed by atoms with E-state index in [1.165, 1.54) is 0 Å². The highest BCUT2D eigenvalue weighted by atomic mass is 35.5. The minimum Gasteiger partial charge on any atom is -0.481 e. The molecule has 0 spiro atoms. The van der Waals surface area contributed by atoms with Crippen LogP contribution in [0.1, 0.15) is 25.8 Å². The molecule has 0 radical (unpaired) electrons. The number of halogens is 1. The number of carboxylic acid groups (broad SMARTS) is 1. The number of rotatable bonds is 2. The van der Waals surface area contributed by atoms with Gasteiger partial charge in [-0.2, -0.15) is 0 Å². The zero-order chi connectivity index (χ0) is 11.3. The second-order valence-electron chi connectivity index (χ2n) is 4.66. The van der Waals surface area contributed by atoms with Gasteiger partial charge in [-0.05, 0) is 31.0 Å². The van der Waals surface area contributed by atoms with Crippen molar-refractivity contribution in [3.63, 3.8) is 0 Å². The molecule has 80 valence electrons. The van der Waals surface area contributed by atoms with Crippen LogP contribution in [-0.2, 0) is 10.2 Å². The molecule has 1 fully saturated rings. The summed E-state index contributed by atoms with van der Waals surface area (Å²) in [5, 5.41) is 9.81. The van der Waals surface area contributed by atoms with Crippen molar-refractivity contribution in [3.8, 4) is 0 Å². The molecule has 2 unspecified atom stereocenters. The third-order valence-corrected chi connectivity index (χ3v) is 3.97. The molecule has 2 rings (SSSR count). The Morgan fingerprint density at radius 2 is 2.13 bits per heavy atom.